The first-order valence-corrected chi connectivity index (χ1v) is 6.74. The third-order valence-electron chi connectivity index (χ3n) is 3.36. The maximum absolute atomic E-state index is 11.8. The lowest BCUT2D eigenvalue weighted by Gasteiger charge is -2.24. The highest BCUT2D eigenvalue weighted by molar-refractivity contribution is 5.94. The van der Waals surface area contributed by atoms with Gasteiger partial charge in [-0.3, -0.25) is 9.89 Å². The SMILES string of the molecule is CC(C)Oc1ccccc1[C@@H]1CC(=O)Nc2[nH]ncc21. The largest absolute Gasteiger partial charge is 0.491 e. The molecule has 2 heterocycles. The van der Waals surface area contributed by atoms with Crippen LogP contribution in [-0.4, -0.2) is 22.2 Å². The van der Waals surface area contributed by atoms with Crippen LogP contribution in [0.3, 0.4) is 0 Å². The number of aromatic amines is 1. The minimum atomic E-state index is -0.0209. The summed E-state index contributed by atoms with van der Waals surface area (Å²) < 4.78 is 5.86. The summed E-state index contributed by atoms with van der Waals surface area (Å²) in [5.41, 5.74) is 2.03. The first kappa shape index (κ1) is 12.7. The molecule has 0 radical (unpaired) electrons. The summed E-state index contributed by atoms with van der Waals surface area (Å²) in [5, 5.41) is 9.65. The molecule has 1 atom stereocenters. The number of hydrogen-bond acceptors (Lipinski definition) is 3. The van der Waals surface area contributed by atoms with Crippen LogP contribution < -0.4 is 10.1 Å². The number of carbonyl (C=O) groups excluding carboxylic acids is 1. The van der Waals surface area contributed by atoms with E-state index in [2.05, 4.69) is 15.5 Å². The Kier molecular flexibility index (Phi) is 3.18. The van der Waals surface area contributed by atoms with Gasteiger partial charge in [-0.1, -0.05) is 18.2 Å². The van der Waals surface area contributed by atoms with Crippen molar-refractivity contribution < 1.29 is 9.53 Å². The number of hydrogen-bond donors (Lipinski definition) is 2. The minimum Gasteiger partial charge on any atom is -0.491 e. The third kappa shape index (κ3) is 2.27. The van der Waals surface area contributed by atoms with Crippen LogP contribution in [0.4, 0.5) is 5.82 Å². The molecule has 1 aliphatic heterocycles. The molecular weight excluding hydrogens is 254 g/mol. The highest BCUT2D eigenvalue weighted by Crippen LogP contribution is 2.39. The van der Waals surface area contributed by atoms with Gasteiger partial charge in [0.25, 0.3) is 0 Å². The van der Waals surface area contributed by atoms with Gasteiger partial charge in [0.2, 0.25) is 5.91 Å². The Hall–Kier alpha value is -2.30. The number of H-pyrrole nitrogens is 1. The molecule has 104 valence electrons. The molecule has 0 fully saturated rings. The molecule has 2 aromatic rings. The van der Waals surface area contributed by atoms with E-state index in [0.717, 1.165) is 16.9 Å². The fraction of sp³-hybridized carbons (Fsp3) is 0.333. The Labute approximate surface area is 117 Å². The van der Waals surface area contributed by atoms with E-state index >= 15 is 0 Å². The lowest BCUT2D eigenvalue weighted by molar-refractivity contribution is -0.116. The smallest absolute Gasteiger partial charge is 0.226 e. The van der Waals surface area contributed by atoms with E-state index < -0.39 is 0 Å². The number of amides is 1. The monoisotopic (exact) mass is 271 g/mol. The number of ether oxygens (including phenoxy) is 1. The first-order valence-electron chi connectivity index (χ1n) is 6.74. The Balaban J connectivity index is 2.04. The molecule has 0 aliphatic carbocycles. The van der Waals surface area contributed by atoms with Crippen LogP contribution >= 0.6 is 0 Å². The van der Waals surface area contributed by atoms with Crippen molar-refractivity contribution in [3.05, 3.63) is 41.6 Å². The standard InChI is InChI=1S/C15H17N3O2/c1-9(2)20-13-6-4-3-5-10(13)11-7-14(19)17-15-12(11)8-16-18-15/h3-6,8-9,11H,7H2,1-2H3,(H2,16,17,18,19)/t11-/m0/s1. The van der Waals surface area contributed by atoms with Crippen LogP contribution in [0.2, 0.25) is 0 Å². The number of aromatic nitrogens is 2. The second-order valence-corrected chi connectivity index (χ2v) is 5.21. The molecule has 20 heavy (non-hydrogen) atoms. The molecule has 1 aromatic carbocycles. The molecule has 0 bridgehead atoms. The number of nitrogens with one attached hydrogen (secondary N) is 2. The van der Waals surface area contributed by atoms with Crippen LogP contribution in [-0.2, 0) is 4.79 Å². The Bertz CT molecular complexity index is 634. The number of nitrogens with zero attached hydrogens (tertiary/aromatic N) is 1. The summed E-state index contributed by atoms with van der Waals surface area (Å²) in [7, 11) is 0. The number of carbonyl (C=O) groups is 1. The van der Waals surface area contributed by atoms with Crippen molar-refractivity contribution in [2.75, 3.05) is 5.32 Å². The van der Waals surface area contributed by atoms with Crippen molar-refractivity contribution in [3.8, 4) is 5.75 Å². The highest BCUT2D eigenvalue weighted by atomic mass is 16.5. The summed E-state index contributed by atoms with van der Waals surface area (Å²) in [6.45, 7) is 3.99. The highest BCUT2D eigenvalue weighted by Gasteiger charge is 2.30. The molecule has 1 amide bonds. The van der Waals surface area contributed by atoms with Gasteiger partial charge in [-0.05, 0) is 19.9 Å². The maximum Gasteiger partial charge on any atom is 0.226 e. The number of rotatable bonds is 3. The van der Waals surface area contributed by atoms with Crippen LogP contribution in [0.25, 0.3) is 0 Å². The normalized spacial score (nSPS) is 17.8. The summed E-state index contributed by atoms with van der Waals surface area (Å²) in [6, 6.07) is 7.87. The summed E-state index contributed by atoms with van der Waals surface area (Å²) in [5.74, 6) is 1.48. The first-order chi connectivity index (χ1) is 9.65. The molecule has 1 aromatic heterocycles. The fourth-order valence-corrected chi connectivity index (χ4v) is 2.55. The zero-order valence-corrected chi connectivity index (χ0v) is 11.5. The quantitative estimate of drug-likeness (QED) is 0.902. The minimum absolute atomic E-state index is 0.00824. The second kappa shape index (κ2) is 5.00. The maximum atomic E-state index is 11.8. The molecular formula is C15H17N3O2. The van der Waals surface area contributed by atoms with Gasteiger partial charge < -0.3 is 10.1 Å². The van der Waals surface area contributed by atoms with Crippen molar-refractivity contribution in [2.24, 2.45) is 0 Å². The molecule has 5 heteroatoms. The predicted octanol–water partition coefficient (Wildman–Crippen LogP) is 2.67. The second-order valence-electron chi connectivity index (χ2n) is 5.21. The molecule has 0 unspecified atom stereocenters. The topological polar surface area (TPSA) is 67.0 Å². The van der Waals surface area contributed by atoms with E-state index in [1.165, 1.54) is 0 Å². The molecule has 0 saturated heterocycles. The lowest BCUT2D eigenvalue weighted by atomic mass is 9.87. The van der Waals surface area contributed by atoms with Crippen LogP contribution in [0, 0.1) is 0 Å². The predicted molar refractivity (Wildman–Crippen MR) is 75.9 cm³/mol. The van der Waals surface area contributed by atoms with E-state index in [-0.39, 0.29) is 17.9 Å². The zero-order chi connectivity index (χ0) is 14.1. The van der Waals surface area contributed by atoms with Gasteiger partial charge in [0.05, 0.1) is 12.3 Å². The van der Waals surface area contributed by atoms with E-state index in [1.807, 2.05) is 38.1 Å². The summed E-state index contributed by atoms with van der Waals surface area (Å²) in [6.07, 6.45) is 2.27. The van der Waals surface area contributed by atoms with E-state index in [1.54, 1.807) is 6.20 Å². The lowest BCUT2D eigenvalue weighted by Crippen LogP contribution is -2.23. The number of fused-ring (bicyclic) bond motifs is 1. The van der Waals surface area contributed by atoms with Crippen LogP contribution in [0.15, 0.2) is 30.5 Å². The molecule has 2 N–H and O–H groups in total. The Morgan fingerprint density at radius 2 is 2.10 bits per heavy atom. The van der Waals surface area contributed by atoms with Gasteiger partial charge in [0.15, 0.2) is 0 Å². The fourth-order valence-electron chi connectivity index (χ4n) is 2.55. The zero-order valence-electron chi connectivity index (χ0n) is 11.5. The van der Waals surface area contributed by atoms with E-state index in [4.69, 9.17) is 4.74 Å². The Morgan fingerprint density at radius 3 is 2.90 bits per heavy atom. The van der Waals surface area contributed by atoms with Crippen LogP contribution in [0.1, 0.15) is 37.3 Å². The van der Waals surface area contributed by atoms with Crippen molar-refractivity contribution in [3.63, 3.8) is 0 Å². The molecule has 0 saturated carbocycles. The number of anilines is 1. The average Bonchev–Trinajstić information content (AvgIpc) is 2.86. The number of para-hydroxylation sites is 1. The molecule has 3 rings (SSSR count). The summed E-state index contributed by atoms with van der Waals surface area (Å²) in [4.78, 5) is 11.8. The Morgan fingerprint density at radius 1 is 1.30 bits per heavy atom. The van der Waals surface area contributed by atoms with Gasteiger partial charge >= 0.3 is 0 Å². The summed E-state index contributed by atoms with van der Waals surface area (Å²) >= 11 is 0. The van der Waals surface area contributed by atoms with Gasteiger partial charge in [0.1, 0.15) is 11.6 Å². The molecule has 1 aliphatic rings. The van der Waals surface area contributed by atoms with Crippen molar-refractivity contribution in [1.82, 2.24) is 10.2 Å². The van der Waals surface area contributed by atoms with E-state index in [0.29, 0.717) is 12.2 Å². The molecule has 5 nitrogen and oxygen atoms in total. The van der Waals surface area contributed by atoms with Crippen LogP contribution in [0.5, 0.6) is 5.75 Å². The molecule has 0 spiro atoms. The van der Waals surface area contributed by atoms with Gasteiger partial charge in [-0.2, -0.15) is 5.10 Å². The van der Waals surface area contributed by atoms with Crippen molar-refractivity contribution in [2.45, 2.75) is 32.3 Å². The van der Waals surface area contributed by atoms with Gasteiger partial charge in [-0.25, -0.2) is 0 Å². The third-order valence-corrected chi connectivity index (χ3v) is 3.36. The average molecular weight is 271 g/mol. The van der Waals surface area contributed by atoms with Gasteiger partial charge in [0, 0.05) is 23.5 Å². The van der Waals surface area contributed by atoms with Crippen molar-refractivity contribution >= 4 is 11.7 Å². The van der Waals surface area contributed by atoms with Gasteiger partial charge in [-0.15, -0.1) is 0 Å². The number of benzene rings is 1. The van der Waals surface area contributed by atoms with E-state index in [9.17, 15) is 4.79 Å². The van der Waals surface area contributed by atoms with Crippen molar-refractivity contribution in [1.29, 1.82) is 0 Å².